The van der Waals surface area contributed by atoms with Crippen molar-refractivity contribution in [2.24, 2.45) is 5.92 Å². The van der Waals surface area contributed by atoms with E-state index in [-0.39, 0.29) is 3.92 Å². The van der Waals surface area contributed by atoms with Crippen LogP contribution in [-0.4, -0.2) is 9.71 Å². The van der Waals surface area contributed by atoms with E-state index >= 15 is 0 Å². The number of carbonyl (C=O) groups is 1. The highest BCUT2D eigenvalue weighted by Gasteiger charge is 2.28. The lowest BCUT2D eigenvalue weighted by molar-refractivity contribution is -0.120. The fourth-order valence-electron chi connectivity index (χ4n) is 1.71. The van der Waals surface area contributed by atoms with Gasteiger partial charge in [0.05, 0.1) is 3.92 Å². The summed E-state index contributed by atoms with van der Waals surface area (Å²) in [6.45, 7) is 3.70. The van der Waals surface area contributed by atoms with E-state index < -0.39 is 0 Å². The minimum Gasteiger partial charge on any atom is -0.299 e. The molecule has 1 rings (SSSR count). The number of ketones is 1. The first-order chi connectivity index (χ1) is 5.75. The minimum absolute atomic E-state index is 0.274. The molecule has 1 aliphatic carbocycles. The molecule has 0 bridgehead atoms. The Labute approximate surface area is 87.8 Å². The number of rotatable bonds is 3. The van der Waals surface area contributed by atoms with Crippen LogP contribution in [0.2, 0.25) is 0 Å². The van der Waals surface area contributed by atoms with Crippen molar-refractivity contribution in [2.75, 3.05) is 0 Å². The number of hydrogen-bond donors (Lipinski definition) is 0. The van der Waals surface area contributed by atoms with Gasteiger partial charge in [0.15, 0.2) is 0 Å². The molecule has 0 amide bonds. The quantitative estimate of drug-likeness (QED) is 0.440. The molecule has 0 heterocycles. The lowest BCUT2D eigenvalue weighted by atomic mass is 9.85. The molecule has 1 aliphatic rings. The molecule has 0 unspecified atom stereocenters. The number of halogens is 1. The molecule has 0 aliphatic heterocycles. The van der Waals surface area contributed by atoms with Crippen LogP contribution in [0.4, 0.5) is 0 Å². The highest BCUT2D eigenvalue weighted by Crippen LogP contribution is 2.31. The average molecular weight is 278 g/mol. The Kier molecular flexibility index (Phi) is 4.26. The van der Waals surface area contributed by atoms with Gasteiger partial charge in [0.1, 0.15) is 5.78 Å². The summed E-state index contributed by atoms with van der Waals surface area (Å²) in [5, 5.41) is 0. The van der Waals surface area contributed by atoms with Gasteiger partial charge in [-0.05, 0) is 31.6 Å². The highest BCUT2D eigenvalue weighted by atomic mass is 127. The number of carbonyl (C=O) groups excluding carboxylic acids is 1. The van der Waals surface area contributed by atoms with Crippen molar-refractivity contribution in [3.05, 3.63) is 12.7 Å². The zero-order valence-corrected chi connectivity index (χ0v) is 9.42. The third kappa shape index (κ3) is 2.57. The Hall–Kier alpha value is 0.140. The van der Waals surface area contributed by atoms with Gasteiger partial charge in [0.25, 0.3) is 0 Å². The lowest BCUT2D eigenvalue weighted by Crippen LogP contribution is -2.28. The molecular formula is C10H15IO. The molecule has 1 nitrogen and oxygen atoms in total. The number of allylic oxidation sites excluding steroid dienone is 1. The van der Waals surface area contributed by atoms with E-state index in [4.69, 9.17) is 0 Å². The smallest absolute Gasteiger partial charge is 0.145 e. The van der Waals surface area contributed by atoms with Gasteiger partial charge in [0, 0.05) is 6.42 Å². The van der Waals surface area contributed by atoms with Gasteiger partial charge in [-0.1, -0.05) is 28.7 Å². The molecule has 0 radical (unpaired) electrons. The van der Waals surface area contributed by atoms with Gasteiger partial charge in [-0.25, -0.2) is 0 Å². The van der Waals surface area contributed by atoms with Gasteiger partial charge in [-0.2, -0.15) is 0 Å². The van der Waals surface area contributed by atoms with Crippen LogP contribution in [-0.2, 0) is 4.79 Å². The Bertz CT molecular complexity index is 177. The van der Waals surface area contributed by atoms with Crippen molar-refractivity contribution in [3.63, 3.8) is 0 Å². The zero-order valence-electron chi connectivity index (χ0n) is 7.26. The molecule has 2 atom stereocenters. The fourth-order valence-corrected chi connectivity index (χ4v) is 2.74. The summed E-state index contributed by atoms with van der Waals surface area (Å²) in [5.74, 6) is 1.07. The van der Waals surface area contributed by atoms with E-state index in [1.54, 1.807) is 0 Å². The Balaban J connectivity index is 2.40. The van der Waals surface area contributed by atoms with Crippen LogP contribution < -0.4 is 0 Å². The van der Waals surface area contributed by atoms with Crippen molar-refractivity contribution in [1.29, 1.82) is 0 Å². The van der Waals surface area contributed by atoms with Crippen LogP contribution in [0.15, 0.2) is 12.7 Å². The average Bonchev–Trinajstić information content (AvgIpc) is 2.08. The monoisotopic (exact) mass is 278 g/mol. The zero-order chi connectivity index (χ0) is 8.97. The highest BCUT2D eigenvalue weighted by molar-refractivity contribution is 14.1. The van der Waals surface area contributed by atoms with Crippen LogP contribution in [0.3, 0.4) is 0 Å². The molecule has 68 valence electrons. The maximum atomic E-state index is 11.3. The first kappa shape index (κ1) is 10.2. The summed E-state index contributed by atoms with van der Waals surface area (Å²) in [7, 11) is 0. The van der Waals surface area contributed by atoms with Gasteiger partial charge in [0.2, 0.25) is 0 Å². The van der Waals surface area contributed by atoms with Crippen LogP contribution in [0.5, 0.6) is 0 Å². The maximum Gasteiger partial charge on any atom is 0.145 e. The van der Waals surface area contributed by atoms with Crippen LogP contribution in [0.1, 0.15) is 32.1 Å². The second kappa shape index (κ2) is 5.00. The third-order valence-electron chi connectivity index (χ3n) is 2.46. The van der Waals surface area contributed by atoms with Crippen LogP contribution in [0.25, 0.3) is 0 Å². The Morgan fingerprint density at radius 3 is 3.08 bits per heavy atom. The number of hydrogen-bond acceptors (Lipinski definition) is 1. The fraction of sp³-hybridized carbons (Fsp3) is 0.700. The molecule has 0 saturated heterocycles. The van der Waals surface area contributed by atoms with E-state index in [1.165, 1.54) is 6.42 Å². The molecule has 0 N–H and O–H groups in total. The van der Waals surface area contributed by atoms with Crippen molar-refractivity contribution in [1.82, 2.24) is 0 Å². The topological polar surface area (TPSA) is 17.1 Å². The van der Waals surface area contributed by atoms with Gasteiger partial charge in [-0.3, -0.25) is 4.79 Å². The number of alkyl halides is 1. The lowest BCUT2D eigenvalue weighted by Gasteiger charge is -2.25. The minimum atomic E-state index is 0.274. The SMILES string of the molecule is C=CCC[C@@H]1CCCC(=O)[C@@H]1I. The normalized spacial score (nSPS) is 30.2. The van der Waals surface area contributed by atoms with E-state index in [0.29, 0.717) is 11.7 Å². The molecule has 1 saturated carbocycles. The molecular weight excluding hydrogens is 263 g/mol. The van der Waals surface area contributed by atoms with Crippen LogP contribution >= 0.6 is 22.6 Å². The third-order valence-corrected chi connectivity index (χ3v) is 4.17. The van der Waals surface area contributed by atoms with Crippen molar-refractivity contribution in [2.45, 2.75) is 36.0 Å². The molecule has 2 heteroatoms. The maximum absolute atomic E-state index is 11.3. The molecule has 1 fully saturated rings. The van der Waals surface area contributed by atoms with E-state index in [0.717, 1.165) is 25.7 Å². The van der Waals surface area contributed by atoms with Gasteiger partial charge < -0.3 is 0 Å². The summed E-state index contributed by atoms with van der Waals surface area (Å²) in [5.41, 5.74) is 0. The first-order valence-electron chi connectivity index (χ1n) is 4.53. The molecule has 0 spiro atoms. The van der Waals surface area contributed by atoms with Crippen molar-refractivity contribution >= 4 is 28.4 Å². The molecule has 0 aromatic carbocycles. The second-order valence-electron chi connectivity index (χ2n) is 3.39. The number of Topliss-reactive ketones (excluding diaryl/α,β-unsaturated/α-hetero) is 1. The Morgan fingerprint density at radius 1 is 1.67 bits per heavy atom. The first-order valence-corrected chi connectivity index (χ1v) is 5.78. The van der Waals surface area contributed by atoms with Crippen molar-refractivity contribution in [3.8, 4) is 0 Å². The summed E-state index contributed by atoms with van der Waals surface area (Å²) >= 11 is 2.30. The molecule has 0 aromatic rings. The van der Waals surface area contributed by atoms with E-state index in [9.17, 15) is 4.79 Å². The summed E-state index contributed by atoms with van der Waals surface area (Å²) in [6.07, 6.45) is 7.27. The second-order valence-corrected chi connectivity index (χ2v) is 4.73. The predicted octanol–water partition coefficient (Wildman–Crippen LogP) is 3.13. The molecule has 0 aromatic heterocycles. The Morgan fingerprint density at radius 2 is 2.42 bits per heavy atom. The van der Waals surface area contributed by atoms with E-state index in [1.807, 2.05) is 6.08 Å². The predicted molar refractivity (Wildman–Crippen MR) is 59.6 cm³/mol. The summed E-state index contributed by atoms with van der Waals surface area (Å²) in [4.78, 5) is 11.3. The largest absolute Gasteiger partial charge is 0.299 e. The summed E-state index contributed by atoms with van der Waals surface area (Å²) < 4.78 is 0.274. The van der Waals surface area contributed by atoms with Crippen molar-refractivity contribution < 1.29 is 4.79 Å². The van der Waals surface area contributed by atoms with Gasteiger partial charge >= 0.3 is 0 Å². The van der Waals surface area contributed by atoms with E-state index in [2.05, 4.69) is 29.2 Å². The van der Waals surface area contributed by atoms with Crippen LogP contribution in [0, 0.1) is 5.92 Å². The molecule has 12 heavy (non-hydrogen) atoms. The standard InChI is InChI=1S/C10H15IO/c1-2-3-5-8-6-4-7-9(12)10(8)11/h2,8,10H,1,3-7H2/t8-,10-/m1/s1. The van der Waals surface area contributed by atoms with Gasteiger partial charge in [-0.15, -0.1) is 6.58 Å². The summed E-state index contributed by atoms with van der Waals surface area (Å²) in [6, 6.07) is 0.